The lowest BCUT2D eigenvalue weighted by molar-refractivity contribution is -0.0249. The SMILES string of the molecule is NC(=O)c1[nH]c2ccc(Cl)cc2c1S(=O)(=O)N1CCOC(COc2ccc(-c3ccc(F)nc3)cc2)C1. The molecule has 2 aromatic heterocycles. The number of halogens is 2. The van der Waals surface area contributed by atoms with E-state index in [4.69, 9.17) is 26.8 Å². The fourth-order valence-corrected chi connectivity index (χ4v) is 6.16. The van der Waals surface area contributed by atoms with Crippen LogP contribution in [-0.2, 0) is 14.8 Å². The zero-order valence-corrected chi connectivity index (χ0v) is 20.9. The average Bonchev–Trinajstić information content (AvgIpc) is 3.28. The number of H-pyrrole nitrogens is 1. The van der Waals surface area contributed by atoms with E-state index in [0.29, 0.717) is 16.3 Å². The molecule has 1 atom stereocenters. The summed E-state index contributed by atoms with van der Waals surface area (Å²) in [5.74, 6) is -0.879. The smallest absolute Gasteiger partial charge is 0.266 e. The van der Waals surface area contributed by atoms with Crippen LogP contribution in [-0.4, -0.2) is 61.0 Å². The summed E-state index contributed by atoms with van der Waals surface area (Å²) in [5.41, 5.74) is 7.32. The number of nitrogens with two attached hydrogens (primary N) is 1. The van der Waals surface area contributed by atoms with E-state index in [-0.39, 0.29) is 42.3 Å². The van der Waals surface area contributed by atoms with Gasteiger partial charge in [0, 0.05) is 40.8 Å². The number of nitrogens with one attached hydrogen (secondary N) is 1. The Labute approximate surface area is 217 Å². The highest BCUT2D eigenvalue weighted by atomic mass is 35.5. The standard InChI is InChI=1S/C25H22ClFN4O5S/c26-17-4-7-21-20(11-17)24(23(30-21)25(28)32)37(33,34)31-9-10-35-19(13-31)14-36-18-5-1-15(2-6-18)16-3-8-22(27)29-12-16/h1-8,11-12,19,30H,9-10,13-14H2,(H2,28,32). The van der Waals surface area contributed by atoms with Gasteiger partial charge in [-0.05, 0) is 48.0 Å². The first-order valence-corrected chi connectivity index (χ1v) is 13.1. The molecule has 0 bridgehead atoms. The summed E-state index contributed by atoms with van der Waals surface area (Å²) in [6.45, 7) is 0.377. The number of pyridine rings is 1. The van der Waals surface area contributed by atoms with Crippen LogP contribution in [0, 0.1) is 5.95 Å². The molecule has 1 saturated heterocycles. The van der Waals surface area contributed by atoms with Gasteiger partial charge in [0.15, 0.2) is 0 Å². The highest BCUT2D eigenvalue weighted by Gasteiger charge is 2.36. The van der Waals surface area contributed by atoms with Gasteiger partial charge in [0.05, 0.1) is 6.61 Å². The van der Waals surface area contributed by atoms with Crippen molar-refractivity contribution in [1.82, 2.24) is 14.3 Å². The van der Waals surface area contributed by atoms with Gasteiger partial charge in [-0.3, -0.25) is 4.79 Å². The van der Waals surface area contributed by atoms with Gasteiger partial charge in [-0.25, -0.2) is 13.4 Å². The van der Waals surface area contributed by atoms with Gasteiger partial charge in [-0.2, -0.15) is 8.70 Å². The maximum atomic E-state index is 13.6. The van der Waals surface area contributed by atoms with E-state index in [1.54, 1.807) is 30.3 Å². The molecule has 3 heterocycles. The molecule has 12 heteroatoms. The Balaban J connectivity index is 1.31. The second-order valence-corrected chi connectivity index (χ2v) is 10.8. The number of primary amides is 1. The maximum Gasteiger partial charge on any atom is 0.266 e. The van der Waals surface area contributed by atoms with E-state index in [1.165, 1.54) is 22.6 Å². The van der Waals surface area contributed by atoms with Crippen molar-refractivity contribution >= 4 is 38.4 Å². The molecule has 1 fully saturated rings. The maximum absolute atomic E-state index is 13.6. The third kappa shape index (κ3) is 5.16. The van der Waals surface area contributed by atoms with E-state index in [0.717, 1.165) is 11.1 Å². The fraction of sp³-hybridized carbons (Fsp3) is 0.200. The van der Waals surface area contributed by atoms with Crippen LogP contribution in [0.2, 0.25) is 5.02 Å². The molecule has 37 heavy (non-hydrogen) atoms. The van der Waals surface area contributed by atoms with Crippen molar-refractivity contribution in [3.05, 3.63) is 77.5 Å². The Morgan fingerprint density at radius 3 is 2.65 bits per heavy atom. The highest BCUT2D eigenvalue weighted by Crippen LogP contribution is 2.32. The van der Waals surface area contributed by atoms with Crippen molar-refractivity contribution < 1.29 is 27.1 Å². The number of hydrogen-bond acceptors (Lipinski definition) is 6. The molecule has 2 aromatic carbocycles. The number of carbonyl (C=O) groups excluding carboxylic acids is 1. The number of ether oxygens (including phenoxy) is 2. The van der Waals surface area contributed by atoms with Crippen molar-refractivity contribution in [2.75, 3.05) is 26.3 Å². The lowest BCUT2D eigenvalue weighted by Crippen LogP contribution is -2.47. The molecule has 1 aliphatic rings. The molecule has 0 aliphatic carbocycles. The highest BCUT2D eigenvalue weighted by molar-refractivity contribution is 7.89. The van der Waals surface area contributed by atoms with Crippen LogP contribution >= 0.6 is 11.6 Å². The Morgan fingerprint density at radius 2 is 1.95 bits per heavy atom. The van der Waals surface area contributed by atoms with Crippen LogP contribution in [0.4, 0.5) is 4.39 Å². The molecule has 5 rings (SSSR count). The number of aromatic nitrogens is 2. The number of hydrogen-bond donors (Lipinski definition) is 2. The number of benzene rings is 2. The molecule has 4 aromatic rings. The summed E-state index contributed by atoms with van der Waals surface area (Å²) in [7, 11) is -4.12. The number of carbonyl (C=O) groups is 1. The molecular formula is C25H22ClFN4O5S. The van der Waals surface area contributed by atoms with E-state index in [2.05, 4.69) is 9.97 Å². The van der Waals surface area contributed by atoms with E-state index >= 15 is 0 Å². The topological polar surface area (TPSA) is 128 Å². The number of rotatable bonds is 7. The molecule has 0 radical (unpaired) electrons. The van der Waals surface area contributed by atoms with Crippen LogP contribution in [0.5, 0.6) is 5.75 Å². The van der Waals surface area contributed by atoms with Gasteiger partial charge < -0.3 is 20.2 Å². The minimum atomic E-state index is -4.12. The molecule has 0 spiro atoms. The molecule has 9 nitrogen and oxygen atoms in total. The van der Waals surface area contributed by atoms with Crippen molar-refractivity contribution in [2.24, 2.45) is 5.73 Å². The summed E-state index contributed by atoms with van der Waals surface area (Å²) in [6.07, 6.45) is 0.900. The number of nitrogens with zero attached hydrogens (tertiary/aromatic N) is 2. The summed E-state index contributed by atoms with van der Waals surface area (Å²) in [6, 6.07) is 14.7. The predicted molar refractivity (Wildman–Crippen MR) is 135 cm³/mol. The number of aromatic amines is 1. The fourth-order valence-electron chi connectivity index (χ4n) is 4.20. The van der Waals surface area contributed by atoms with E-state index in [1.807, 2.05) is 12.1 Å². The lowest BCUT2D eigenvalue weighted by atomic mass is 10.1. The average molecular weight is 545 g/mol. The number of fused-ring (bicyclic) bond motifs is 1. The third-order valence-corrected chi connectivity index (χ3v) is 8.20. The van der Waals surface area contributed by atoms with E-state index in [9.17, 15) is 17.6 Å². The van der Waals surface area contributed by atoms with Crippen molar-refractivity contribution in [3.8, 4) is 16.9 Å². The predicted octanol–water partition coefficient (Wildman–Crippen LogP) is 3.59. The zero-order chi connectivity index (χ0) is 26.2. The van der Waals surface area contributed by atoms with Gasteiger partial charge in [0.1, 0.15) is 29.0 Å². The Bertz CT molecular complexity index is 1560. The molecule has 192 valence electrons. The largest absolute Gasteiger partial charge is 0.491 e. The molecule has 1 aliphatic heterocycles. The molecule has 0 saturated carbocycles. The van der Waals surface area contributed by atoms with Gasteiger partial charge in [0.2, 0.25) is 16.0 Å². The van der Waals surface area contributed by atoms with Gasteiger partial charge >= 0.3 is 0 Å². The van der Waals surface area contributed by atoms with Crippen LogP contribution in [0.25, 0.3) is 22.0 Å². The van der Waals surface area contributed by atoms with Gasteiger partial charge in [0.25, 0.3) is 5.91 Å². The Kier molecular flexibility index (Phi) is 6.86. The van der Waals surface area contributed by atoms with Crippen molar-refractivity contribution in [1.29, 1.82) is 0 Å². The van der Waals surface area contributed by atoms with Crippen LogP contribution < -0.4 is 10.5 Å². The van der Waals surface area contributed by atoms with Crippen molar-refractivity contribution in [2.45, 2.75) is 11.0 Å². The number of sulfonamides is 1. The molecular weight excluding hydrogens is 523 g/mol. The second-order valence-electron chi connectivity index (χ2n) is 8.44. The lowest BCUT2D eigenvalue weighted by Gasteiger charge is -2.32. The first-order valence-electron chi connectivity index (χ1n) is 11.3. The second kappa shape index (κ2) is 10.1. The van der Waals surface area contributed by atoms with Crippen LogP contribution in [0.3, 0.4) is 0 Å². The first-order chi connectivity index (χ1) is 17.7. The van der Waals surface area contributed by atoms with Gasteiger partial charge in [-0.15, -0.1) is 0 Å². The Morgan fingerprint density at radius 1 is 1.19 bits per heavy atom. The summed E-state index contributed by atoms with van der Waals surface area (Å²) < 4.78 is 53.2. The van der Waals surface area contributed by atoms with Crippen LogP contribution in [0.1, 0.15) is 10.5 Å². The molecule has 1 unspecified atom stereocenters. The zero-order valence-electron chi connectivity index (χ0n) is 19.4. The minimum Gasteiger partial charge on any atom is -0.491 e. The summed E-state index contributed by atoms with van der Waals surface area (Å²) in [5, 5.41) is 0.617. The third-order valence-electron chi connectivity index (χ3n) is 6.01. The van der Waals surface area contributed by atoms with Crippen LogP contribution in [0.15, 0.2) is 65.7 Å². The van der Waals surface area contributed by atoms with Gasteiger partial charge in [-0.1, -0.05) is 23.7 Å². The first kappa shape index (κ1) is 25.2. The van der Waals surface area contributed by atoms with E-state index < -0.39 is 28.0 Å². The number of morpholine rings is 1. The molecule has 3 N–H and O–H groups in total. The molecule has 1 amide bonds. The summed E-state index contributed by atoms with van der Waals surface area (Å²) >= 11 is 6.10. The quantitative estimate of drug-likeness (QED) is 0.342. The van der Waals surface area contributed by atoms with Crippen molar-refractivity contribution in [3.63, 3.8) is 0 Å². The summed E-state index contributed by atoms with van der Waals surface area (Å²) in [4.78, 5) is 18.3. The number of amides is 1. The monoisotopic (exact) mass is 544 g/mol. The minimum absolute atomic E-state index is 0.0209. The Hall–Kier alpha value is -3.51. The normalized spacial score (nSPS) is 16.6.